The Kier molecular flexibility index (Phi) is 3.37. The van der Waals surface area contributed by atoms with Crippen molar-refractivity contribution in [2.45, 2.75) is 58.3 Å². The second-order valence-corrected chi connectivity index (χ2v) is 6.85. The van der Waals surface area contributed by atoms with Gasteiger partial charge in [0, 0.05) is 26.1 Å². The van der Waals surface area contributed by atoms with Crippen LogP contribution in [0.25, 0.3) is 0 Å². The number of anilines is 1. The van der Waals surface area contributed by atoms with Gasteiger partial charge in [-0.25, -0.2) is 9.69 Å². The molecular weight excluding hydrogens is 306 g/mol. The Hall–Kier alpha value is -2.37. The summed E-state index contributed by atoms with van der Waals surface area (Å²) in [4.78, 5) is 42.0. The Morgan fingerprint density at radius 3 is 2.50 bits per heavy atom. The van der Waals surface area contributed by atoms with Gasteiger partial charge in [-0.3, -0.25) is 9.59 Å². The van der Waals surface area contributed by atoms with Crippen molar-refractivity contribution >= 4 is 23.5 Å². The Bertz CT molecular complexity index is 741. The zero-order valence-corrected chi connectivity index (χ0v) is 14.0. The number of imide groups is 1. The van der Waals surface area contributed by atoms with Gasteiger partial charge in [0.2, 0.25) is 5.91 Å². The lowest BCUT2D eigenvalue weighted by molar-refractivity contribution is -0.129. The molecule has 1 aliphatic carbocycles. The molecular formula is C18H21N3O3. The topological polar surface area (TPSA) is 60.9 Å². The monoisotopic (exact) mass is 327 g/mol. The Morgan fingerprint density at radius 1 is 1.17 bits per heavy atom. The average molecular weight is 327 g/mol. The molecule has 24 heavy (non-hydrogen) atoms. The molecule has 2 fully saturated rings. The third kappa shape index (κ3) is 2.20. The third-order valence-electron chi connectivity index (χ3n) is 5.20. The molecule has 1 atom stereocenters. The van der Waals surface area contributed by atoms with Crippen LogP contribution in [0.3, 0.4) is 0 Å². The number of amides is 4. The van der Waals surface area contributed by atoms with Crippen LogP contribution in [0.1, 0.15) is 44.2 Å². The van der Waals surface area contributed by atoms with E-state index in [4.69, 9.17) is 0 Å². The maximum Gasteiger partial charge on any atom is 0.332 e. The Balaban J connectivity index is 1.65. The summed E-state index contributed by atoms with van der Waals surface area (Å²) in [6.45, 7) is 4.64. The molecule has 0 bridgehead atoms. The molecule has 1 saturated heterocycles. The molecule has 1 unspecified atom stereocenters. The van der Waals surface area contributed by atoms with Crippen LogP contribution in [0.4, 0.5) is 10.5 Å². The number of rotatable bonds is 3. The van der Waals surface area contributed by atoms with Gasteiger partial charge in [0.1, 0.15) is 6.04 Å². The highest BCUT2D eigenvalue weighted by molar-refractivity contribution is 6.21. The predicted octanol–water partition coefficient (Wildman–Crippen LogP) is 2.26. The maximum atomic E-state index is 12.8. The summed E-state index contributed by atoms with van der Waals surface area (Å²) in [5.74, 6) is -0.0946. The lowest BCUT2D eigenvalue weighted by atomic mass is 10.1. The van der Waals surface area contributed by atoms with Crippen LogP contribution in [-0.2, 0) is 22.7 Å². The minimum Gasteiger partial charge on any atom is -0.334 e. The van der Waals surface area contributed by atoms with Gasteiger partial charge in [-0.2, -0.15) is 0 Å². The number of fused-ring (bicyclic) bond motifs is 1. The molecule has 4 rings (SSSR count). The van der Waals surface area contributed by atoms with E-state index in [1.807, 2.05) is 25.1 Å². The fourth-order valence-electron chi connectivity index (χ4n) is 3.73. The summed E-state index contributed by atoms with van der Waals surface area (Å²) in [6, 6.07) is 5.31. The van der Waals surface area contributed by atoms with Crippen molar-refractivity contribution in [3.8, 4) is 0 Å². The lowest BCUT2D eigenvalue weighted by Gasteiger charge is -2.20. The van der Waals surface area contributed by atoms with E-state index in [-0.39, 0.29) is 29.9 Å². The van der Waals surface area contributed by atoms with Gasteiger partial charge in [0.25, 0.3) is 5.91 Å². The summed E-state index contributed by atoms with van der Waals surface area (Å²) < 4.78 is 0. The maximum absolute atomic E-state index is 12.8. The van der Waals surface area contributed by atoms with Crippen molar-refractivity contribution in [3.63, 3.8) is 0 Å². The van der Waals surface area contributed by atoms with E-state index in [0.717, 1.165) is 24.0 Å². The van der Waals surface area contributed by atoms with Gasteiger partial charge in [0.15, 0.2) is 0 Å². The first-order valence-electron chi connectivity index (χ1n) is 8.54. The fourth-order valence-corrected chi connectivity index (χ4v) is 3.73. The van der Waals surface area contributed by atoms with Crippen molar-refractivity contribution < 1.29 is 14.4 Å². The van der Waals surface area contributed by atoms with E-state index in [0.29, 0.717) is 25.2 Å². The number of urea groups is 1. The van der Waals surface area contributed by atoms with E-state index in [2.05, 4.69) is 0 Å². The molecule has 3 aliphatic rings. The van der Waals surface area contributed by atoms with Crippen molar-refractivity contribution in [3.05, 3.63) is 29.3 Å². The normalized spacial score (nSPS) is 23.2. The molecule has 1 aromatic rings. The van der Waals surface area contributed by atoms with Gasteiger partial charge < -0.3 is 9.80 Å². The van der Waals surface area contributed by atoms with Crippen molar-refractivity contribution in [1.82, 2.24) is 9.80 Å². The zero-order chi connectivity index (χ0) is 17.0. The quantitative estimate of drug-likeness (QED) is 0.800. The lowest BCUT2D eigenvalue weighted by Crippen LogP contribution is -2.36. The highest BCUT2D eigenvalue weighted by Crippen LogP contribution is 2.37. The smallest absolute Gasteiger partial charge is 0.332 e. The third-order valence-corrected chi connectivity index (χ3v) is 5.20. The second kappa shape index (κ2) is 5.33. The molecule has 0 spiro atoms. The highest BCUT2D eigenvalue weighted by atomic mass is 16.2. The summed E-state index contributed by atoms with van der Waals surface area (Å²) >= 11 is 0. The van der Waals surface area contributed by atoms with E-state index in [1.165, 1.54) is 4.90 Å². The molecule has 2 aliphatic heterocycles. The van der Waals surface area contributed by atoms with Gasteiger partial charge in [-0.15, -0.1) is 0 Å². The van der Waals surface area contributed by atoms with Crippen LogP contribution in [0, 0.1) is 0 Å². The van der Waals surface area contributed by atoms with E-state index in [1.54, 1.807) is 16.7 Å². The predicted molar refractivity (Wildman–Crippen MR) is 88.2 cm³/mol. The van der Waals surface area contributed by atoms with Crippen LogP contribution in [0.2, 0.25) is 0 Å². The van der Waals surface area contributed by atoms with Gasteiger partial charge in [-0.05, 0) is 42.5 Å². The molecule has 0 N–H and O–H groups in total. The standard InChI is InChI=1S/C18H21N3O3/c1-3-16-17(23)21(18(24)20(16)14-6-7-14)15-5-4-12-9-19(11(2)22)10-13(12)8-15/h4-5,8,14,16H,3,6-7,9-10H2,1-2H3. The minimum atomic E-state index is -0.341. The molecule has 1 aromatic carbocycles. The van der Waals surface area contributed by atoms with Crippen molar-refractivity contribution in [1.29, 1.82) is 0 Å². The molecule has 6 nitrogen and oxygen atoms in total. The molecule has 2 heterocycles. The number of nitrogens with zero attached hydrogens (tertiary/aromatic N) is 3. The highest BCUT2D eigenvalue weighted by Gasteiger charge is 2.50. The van der Waals surface area contributed by atoms with Gasteiger partial charge in [-0.1, -0.05) is 13.0 Å². The summed E-state index contributed by atoms with van der Waals surface area (Å²) in [6.07, 6.45) is 2.61. The number of benzene rings is 1. The first kappa shape index (κ1) is 15.2. The van der Waals surface area contributed by atoms with Crippen LogP contribution in [0.15, 0.2) is 18.2 Å². The van der Waals surface area contributed by atoms with Crippen LogP contribution >= 0.6 is 0 Å². The Morgan fingerprint density at radius 2 is 1.88 bits per heavy atom. The molecule has 0 aromatic heterocycles. The van der Waals surface area contributed by atoms with E-state index >= 15 is 0 Å². The average Bonchev–Trinajstić information content (AvgIpc) is 3.23. The number of carbonyl (C=O) groups excluding carboxylic acids is 3. The molecule has 4 amide bonds. The first-order chi connectivity index (χ1) is 11.5. The van der Waals surface area contributed by atoms with Gasteiger partial charge in [0.05, 0.1) is 5.69 Å². The summed E-state index contributed by atoms with van der Waals surface area (Å²) in [5, 5.41) is 0. The zero-order valence-electron chi connectivity index (χ0n) is 14.0. The van der Waals surface area contributed by atoms with Gasteiger partial charge >= 0.3 is 6.03 Å². The molecule has 0 radical (unpaired) electrons. The number of hydrogen-bond acceptors (Lipinski definition) is 3. The van der Waals surface area contributed by atoms with Crippen LogP contribution in [-0.4, -0.2) is 39.7 Å². The SMILES string of the molecule is CCC1C(=O)N(c2ccc3c(c2)CN(C(C)=O)C3)C(=O)N1C1CC1. The second-order valence-electron chi connectivity index (χ2n) is 6.85. The molecule has 1 saturated carbocycles. The Labute approximate surface area is 141 Å². The van der Waals surface area contributed by atoms with E-state index < -0.39 is 0 Å². The number of carbonyl (C=O) groups is 3. The van der Waals surface area contributed by atoms with E-state index in [9.17, 15) is 14.4 Å². The minimum absolute atomic E-state index is 0.0343. The first-order valence-corrected chi connectivity index (χ1v) is 8.54. The molecule has 6 heteroatoms. The largest absolute Gasteiger partial charge is 0.334 e. The molecule has 126 valence electrons. The van der Waals surface area contributed by atoms with Crippen LogP contribution < -0.4 is 4.90 Å². The summed E-state index contributed by atoms with van der Waals surface area (Å²) in [5.41, 5.74) is 2.72. The fraction of sp³-hybridized carbons (Fsp3) is 0.500. The van der Waals surface area contributed by atoms with Crippen molar-refractivity contribution in [2.24, 2.45) is 0 Å². The summed E-state index contributed by atoms with van der Waals surface area (Å²) in [7, 11) is 0. The van der Waals surface area contributed by atoms with Crippen LogP contribution in [0.5, 0.6) is 0 Å². The van der Waals surface area contributed by atoms with Crippen molar-refractivity contribution in [2.75, 3.05) is 4.90 Å². The number of hydrogen-bond donors (Lipinski definition) is 0.